The number of aromatic nitrogens is 2. The van der Waals surface area contributed by atoms with Gasteiger partial charge < -0.3 is 25.0 Å². The summed E-state index contributed by atoms with van der Waals surface area (Å²) in [5.41, 5.74) is 5.43. The van der Waals surface area contributed by atoms with Gasteiger partial charge in [-0.3, -0.25) is 14.6 Å². The molecule has 4 unspecified atom stereocenters. The highest BCUT2D eigenvalue weighted by atomic mass is 32.1. The Morgan fingerprint density at radius 1 is 1.18 bits per heavy atom. The predicted octanol–water partition coefficient (Wildman–Crippen LogP) is 5.78. The van der Waals surface area contributed by atoms with Crippen LogP contribution in [-0.2, 0) is 31.7 Å². The van der Waals surface area contributed by atoms with Crippen molar-refractivity contribution in [2.75, 3.05) is 6.54 Å². The highest BCUT2D eigenvalue weighted by molar-refractivity contribution is 7.10. The molecule has 4 N–H and O–H groups in total. The lowest BCUT2D eigenvalue weighted by Gasteiger charge is -2.35. The minimum atomic E-state index is -0.843. The third-order valence-corrected chi connectivity index (χ3v) is 11.7. The van der Waals surface area contributed by atoms with Crippen molar-refractivity contribution in [2.45, 2.75) is 118 Å². The molecule has 2 aliphatic heterocycles. The molecule has 0 radical (unpaired) electrons. The van der Waals surface area contributed by atoms with E-state index >= 15 is 4.39 Å². The van der Waals surface area contributed by atoms with E-state index < -0.39 is 30.2 Å². The van der Waals surface area contributed by atoms with Crippen molar-refractivity contribution in [3.05, 3.63) is 33.9 Å². The van der Waals surface area contributed by atoms with Crippen molar-refractivity contribution in [2.24, 2.45) is 17.8 Å². The first kappa shape index (κ1) is 37.1. The van der Waals surface area contributed by atoms with Gasteiger partial charge in [0.15, 0.2) is 5.82 Å². The number of benzene rings is 1. The molecule has 1 saturated carbocycles. The normalized spacial score (nSPS) is 24.7. The number of hydrazine groups is 1. The number of amides is 2. The van der Waals surface area contributed by atoms with Crippen LogP contribution >= 0.6 is 11.3 Å². The Hall–Kier alpha value is -3.13. The summed E-state index contributed by atoms with van der Waals surface area (Å²) in [5, 5.41) is 15.8. The number of hydrogen-bond acceptors (Lipinski definition) is 8. The zero-order valence-electron chi connectivity index (χ0n) is 30.5. The standard InChI is InChI=1S/C34H46BFN6O4S.C2H6/c1-9-20-21-12-13-22(28(36)29(21)40-30(20)35-45-33(5,6)34(7,8)46-35)25-16-47-26(38-25)15-24(39-31(43)27-17(2)18(27)3)32(44)42-14-10-11-23(41-42)19(4)37;1-2/h12-13,16-18,23-24,27,37,40-41H,9-11,14-15H2,1-8H3,(H,39,43);1-2H3. The molecule has 1 aromatic carbocycles. The van der Waals surface area contributed by atoms with Gasteiger partial charge in [0.25, 0.3) is 5.91 Å². The van der Waals surface area contributed by atoms with Gasteiger partial charge in [0.05, 0.1) is 33.5 Å². The van der Waals surface area contributed by atoms with Gasteiger partial charge in [0, 0.05) is 46.5 Å². The second-order valence-corrected chi connectivity index (χ2v) is 15.4. The molecule has 4 atom stereocenters. The molecule has 3 aromatic rings. The number of aromatic amines is 1. The number of halogens is 1. The fourth-order valence-electron chi connectivity index (χ4n) is 6.80. The van der Waals surface area contributed by atoms with Crippen molar-refractivity contribution in [1.82, 2.24) is 25.7 Å². The van der Waals surface area contributed by atoms with Crippen molar-refractivity contribution < 1.29 is 23.3 Å². The molecule has 2 aromatic heterocycles. The van der Waals surface area contributed by atoms with E-state index in [1.165, 1.54) is 16.3 Å². The zero-order chi connectivity index (χ0) is 36.0. The molecule has 13 heteroatoms. The SMILES string of the molecule is CC.CCc1c(B2OC(C)(C)C(C)(C)O2)[nH]c2c(F)c(-c3csc(CC(NC(=O)C4C(C)C4C)C(=O)N4CCCC(C(C)=N)N4)n3)ccc12. The molecule has 10 nitrogen and oxygen atoms in total. The average Bonchev–Trinajstić information content (AvgIpc) is 3.41. The molecular formula is C36H52BFN6O4S. The summed E-state index contributed by atoms with van der Waals surface area (Å²) in [7, 11) is -0.644. The molecule has 2 saturated heterocycles. The third kappa shape index (κ3) is 7.09. The summed E-state index contributed by atoms with van der Waals surface area (Å²) >= 11 is 1.34. The molecule has 1 aliphatic carbocycles. The maximum absolute atomic E-state index is 16.3. The maximum atomic E-state index is 16.3. The number of carbonyl (C=O) groups excluding carboxylic acids is 2. The Balaban J connectivity index is 0.00000230. The topological polar surface area (TPSA) is 132 Å². The Morgan fingerprint density at radius 3 is 2.43 bits per heavy atom. The fourth-order valence-corrected chi connectivity index (χ4v) is 7.64. The van der Waals surface area contributed by atoms with Gasteiger partial charge in [-0.25, -0.2) is 14.8 Å². The van der Waals surface area contributed by atoms with Crippen molar-refractivity contribution in [1.29, 1.82) is 5.41 Å². The summed E-state index contributed by atoms with van der Waals surface area (Å²) in [5.74, 6) is -0.410. The van der Waals surface area contributed by atoms with Crippen LogP contribution in [0.2, 0.25) is 0 Å². The Morgan fingerprint density at radius 2 is 1.84 bits per heavy atom. The van der Waals surface area contributed by atoms with Gasteiger partial charge >= 0.3 is 7.12 Å². The molecule has 266 valence electrons. The van der Waals surface area contributed by atoms with Crippen LogP contribution in [0.5, 0.6) is 0 Å². The minimum absolute atomic E-state index is 0.125. The first-order chi connectivity index (χ1) is 23.1. The van der Waals surface area contributed by atoms with E-state index in [0.29, 0.717) is 40.5 Å². The van der Waals surface area contributed by atoms with Crippen LogP contribution in [0.1, 0.15) is 92.7 Å². The summed E-state index contributed by atoms with van der Waals surface area (Å²) in [4.78, 5) is 35.0. The quantitative estimate of drug-likeness (QED) is 0.166. The highest BCUT2D eigenvalue weighted by Gasteiger charge is 2.53. The molecule has 49 heavy (non-hydrogen) atoms. The van der Waals surface area contributed by atoms with Gasteiger partial charge in [0.1, 0.15) is 6.04 Å². The van der Waals surface area contributed by atoms with Crippen LogP contribution in [0, 0.1) is 29.0 Å². The second-order valence-electron chi connectivity index (χ2n) is 14.4. The van der Waals surface area contributed by atoms with Gasteiger partial charge in [-0.05, 0) is 77.3 Å². The first-order valence-electron chi connectivity index (χ1n) is 17.7. The molecule has 0 spiro atoms. The van der Waals surface area contributed by atoms with Crippen molar-refractivity contribution in [3.63, 3.8) is 0 Å². The largest absolute Gasteiger partial charge is 0.512 e. The van der Waals surface area contributed by atoms with Crippen LogP contribution in [0.3, 0.4) is 0 Å². The number of rotatable bonds is 9. The van der Waals surface area contributed by atoms with E-state index in [2.05, 4.69) is 15.7 Å². The number of aryl methyl sites for hydroxylation is 1. The van der Waals surface area contributed by atoms with Gasteiger partial charge in [-0.15, -0.1) is 11.3 Å². The molecule has 3 aliphatic rings. The lowest BCUT2D eigenvalue weighted by Crippen LogP contribution is -2.60. The van der Waals surface area contributed by atoms with Crippen molar-refractivity contribution in [3.8, 4) is 11.3 Å². The van der Waals surface area contributed by atoms with Crippen LogP contribution in [-0.4, -0.2) is 69.5 Å². The fraction of sp³-hybridized carbons (Fsp3) is 0.611. The predicted molar refractivity (Wildman–Crippen MR) is 195 cm³/mol. The average molecular weight is 695 g/mol. The number of thiazole rings is 1. The highest BCUT2D eigenvalue weighted by Crippen LogP contribution is 2.45. The third-order valence-electron chi connectivity index (χ3n) is 10.8. The molecular weight excluding hydrogens is 642 g/mol. The number of nitrogens with one attached hydrogen (secondary N) is 4. The summed E-state index contributed by atoms with van der Waals surface area (Å²) in [6, 6.07) is 2.59. The zero-order valence-corrected chi connectivity index (χ0v) is 31.4. The number of fused-ring (bicyclic) bond motifs is 1. The number of nitrogens with zero attached hydrogens (tertiary/aromatic N) is 2. The van der Waals surface area contributed by atoms with Gasteiger partial charge in [-0.1, -0.05) is 40.7 Å². The summed E-state index contributed by atoms with van der Waals surface area (Å²) in [6.07, 6.45) is 2.38. The van der Waals surface area contributed by atoms with E-state index in [0.717, 1.165) is 29.4 Å². The van der Waals surface area contributed by atoms with Crippen LogP contribution in [0.4, 0.5) is 4.39 Å². The van der Waals surface area contributed by atoms with Crippen molar-refractivity contribution >= 4 is 52.5 Å². The van der Waals surface area contributed by atoms with Crippen LogP contribution < -0.4 is 16.3 Å². The van der Waals surface area contributed by atoms with Crippen LogP contribution in [0.25, 0.3) is 22.2 Å². The van der Waals surface area contributed by atoms with Gasteiger partial charge in [-0.2, -0.15) is 0 Å². The molecule has 2 amide bonds. The molecule has 6 rings (SSSR count). The number of hydrogen-bond donors (Lipinski definition) is 4. The summed E-state index contributed by atoms with van der Waals surface area (Å²) in [6.45, 7) is 20.3. The lowest BCUT2D eigenvalue weighted by atomic mass is 9.81. The minimum Gasteiger partial charge on any atom is -0.398 e. The Bertz CT molecular complexity index is 1700. The van der Waals surface area contributed by atoms with E-state index in [-0.39, 0.29) is 42.0 Å². The van der Waals surface area contributed by atoms with E-state index in [1.54, 1.807) is 18.4 Å². The molecule has 0 bridgehead atoms. The van der Waals surface area contributed by atoms with Gasteiger partial charge in [0.2, 0.25) is 5.91 Å². The summed E-state index contributed by atoms with van der Waals surface area (Å²) < 4.78 is 28.9. The second kappa shape index (κ2) is 14.2. The smallest absolute Gasteiger partial charge is 0.398 e. The maximum Gasteiger partial charge on any atom is 0.512 e. The number of carbonyl (C=O) groups is 2. The van der Waals surface area contributed by atoms with E-state index in [1.807, 2.05) is 68.4 Å². The Labute approximate surface area is 293 Å². The van der Waals surface area contributed by atoms with E-state index in [9.17, 15) is 9.59 Å². The number of H-pyrrole nitrogens is 1. The molecule has 3 fully saturated rings. The lowest BCUT2D eigenvalue weighted by molar-refractivity contribution is -0.141. The molecule has 4 heterocycles. The van der Waals surface area contributed by atoms with Crippen LogP contribution in [0.15, 0.2) is 17.5 Å². The first-order valence-corrected chi connectivity index (χ1v) is 18.6. The van der Waals surface area contributed by atoms with E-state index in [4.69, 9.17) is 19.7 Å². The Kier molecular flexibility index (Phi) is 10.8. The monoisotopic (exact) mass is 694 g/mol.